The number of thioether (sulfide) groups is 1. The molecular formula is C30H27N5O3S2. The van der Waals surface area contributed by atoms with Crippen LogP contribution in [0.4, 0.5) is 0 Å². The van der Waals surface area contributed by atoms with Gasteiger partial charge in [-0.2, -0.15) is 0 Å². The molecule has 3 aromatic heterocycles. The van der Waals surface area contributed by atoms with Gasteiger partial charge in [0, 0.05) is 17.2 Å². The van der Waals surface area contributed by atoms with Gasteiger partial charge in [-0.3, -0.25) is 19.3 Å². The number of imide groups is 1. The van der Waals surface area contributed by atoms with E-state index < -0.39 is 0 Å². The first kappa shape index (κ1) is 25.2. The van der Waals surface area contributed by atoms with Crippen molar-refractivity contribution in [1.82, 2.24) is 24.1 Å². The molecular weight excluding hydrogens is 542 g/mol. The van der Waals surface area contributed by atoms with Crippen LogP contribution in [0.2, 0.25) is 0 Å². The molecule has 0 spiro atoms. The van der Waals surface area contributed by atoms with Gasteiger partial charge >= 0.3 is 0 Å². The van der Waals surface area contributed by atoms with Crippen LogP contribution in [-0.2, 0) is 12.8 Å². The normalized spacial score (nSPS) is 14.9. The molecule has 7 rings (SSSR count). The number of thiophene rings is 1. The number of hydrogen-bond acceptors (Lipinski definition) is 7. The summed E-state index contributed by atoms with van der Waals surface area (Å²) in [5.74, 6) is 0.847. The van der Waals surface area contributed by atoms with Crippen molar-refractivity contribution in [2.45, 2.75) is 50.6 Å². The fourth-order valence-electron chi connectivity index (χ4n) is 5.79. The molecule has 202 valence electrons. The molecule has 5 aromatic rings. The summed E-state index contributed by atoms with van der Waals surface area (Å²) in [4.78, 5) is 42.9. The van der Waals surface area contributed by atoms with E-state index in [2.05, 4.69) is 14.6 Å². The van der Waals surface area contributed by atoms with E-state index in [0.29, 0.717) is 29.9 Å². The standard InChI is InChI=1S/C30H27N5O3S2/c1-18-9-8-10-19(17-18)34-27(38)24-22-13-4-5-14-23(22)40-28(24)35-29(34)31-32-30(35)39-16-7-6-15-33-25(36)20-11-2-3-12-21(20)26(33)37/h2-3,8-12,17H,4-7,13-16H2,1H3. The molecule has 0 atom stereocenters. The van der Waals surface area contributed by atoms with E-state index in [0.717, 1.165) is 64.5 Å². The van der Waals surface area contributed by atoms with Crippen molar-refractivity contribution in [3.05, 3.63) is 86.0 Å². The second-order valence-electron chi connectivity index (χ2n) is 10.4. The quantitative estimate of drug-likeness (QED) is 0.147. The molecule has 0 N–H and O–H groups in total. The minimum absolute atomic E-state index is 0.0302. The Balaban J connectivity index is 1.17. The van der Waals surface area contributed by atoms with Gasteiger partial charge in [0.2, 0.25) is 5.78 Å². The number of unbranched alkanes of at least 4 members (excludes halogenated alkanes) is 1. The molecule has 1 aliphatic heterocycles. The first-order chi connectivity index (χ1) is 19.5. The van der Waals surface area contributed by atoms with Gasteiger partial charge in [-0.1, -0.05) is 36.0 Å². The second-order valence-corrected chi connectivity index (χ2v) is 12.5. The Morgan fingerprint density at radius 2 is 1.70 bits per heavy atom. The van der Waals surface area contributed by atoms with Gasteiger partial charge in [0.25, 0.3) is 17.4 Å². The van der Waals surface area contributed by atoms with Gasteiger partial charge in [-0.25, -0.2) is 8.97 Å². The highest BCUT2D eigenvalue weighted by Gasteiger charge is 2.34. The molecule has 8 nitrogen and oxygen atoms in total. The third-order valence-corrected chi connectivity index (χ3v) is 10.0. The summed E-state index contributed by atoms with van der Waals surface area (Å²) in [7, 11) is 0. The molecule has 2 amide bonds. The van der Waals surface area contributed by atoms with Gasteiger partial charge in [-0.05, 0) is 80.8 Å². The number of rotatable bonds is 7. The maximum Gasteiger partial charge on any atom is 0.268 e. The van der Waals surface area contributed by atoms with E-state index in [1.165, 1.54) is 15.3 Å². The highest BCUT2D eigenvalue weighted by Crippen LogP contribution is 2.37. The molecule has 0 radical (unpaired) electrons. The summed E-state index contributed by atoms with van der Waals surface area (Å²) in [5, 5.41) is 10.6. The number of aryl methyl sites for hydroxylation is 3. The molecule has 4 heterocycles. The highest BCUT2D eigenvalue weighted by atomic mass is 32.2. The second kappa shape index (κ2) is 10.0. The number of benzene rings is 2. The maximum absolute atomic E-state index is 14.0. The average molecular weight is 570 g/mol. The summed E-state index contributed by atoms with van der Waals surface area (Å²) in [6.07, 6.45) is 5.67. The van der Waals surface area contributed by atoms with E-state index in [1.807, 2.05) is 31.2 Å². The van der Waals surface area contributed by atoms with Crippen molar-refractivity contribution in [3.8, 4) is 5.69 Å². The third-order valence-electron chi connectivity index (χ3n) is 7.73. The van der Waals surface area contributed by atoms with Crippen molar-refractivity contribution < 1.29 is 9.59 Å². The molecule has 40 heavy (non-hydrogen) atoms. The minimum Gasteiger partial charge on any atom is -0.274 e. The van der Waals surface area contributed by atoms with Crippen molar-refractivity contribution in [3.63, 3.8) is 0 Å². The van der Waals surface area contributed by atoms with Gasteiger partial charge in [0.05, 0.1) is 22.2 Å². The lowest BCUT2D eigenvalue weighted by Gasteiger charge is -2.13. The molecule has 2 aromatic carbocycles. The summed E-state index contributed by atoms with van der Waals surface area (Å²) < 4.78 is 3.76. The lowest BCUT2D eigenvalue weighted by molar-refractivity contribution is 0.0652. The van der Waals surface area contributed by atoms with Crippen LogP contribution in [0.3, 0.4) is 0 Å². The molecule has 0 unspecified atom stereocenters. The first-order valence-electron chi connectivity index (χ1n) is 13.6. The number of amides is 2. The summed E-state index contributed by atoms with van der Waals surface area (Å²) in [6, 6.07) is 14.9. The highest BCUT2D eigenvalue weighted by molar-refractivity contribution is 7.99. The predicted molar refractivity (Wildman–Crippen MR) is 157 cm³/mol. The lowest BCUT2D eigenvalue weighted by Crippen LogP contribution is -2.30. The van der Waals surface area contributed by atoms with Gasteiger partial charge in [0.15, 0.2) is 5.16 Å². The number of hydrogen-bond donors (Lipinski definition) is 0. The number of aromatic nitrogens is 4. The summed E-state index contributed by atoms with van der Waals surface area (Å²) in [5.41, 5.74) is 3.99. The Hall–Kier alpha value is -3.76. The predicted octanol–water partition coefficient (Wildman–Crippen LogP) is 5.45. The zero-order valence-electron chi connectivity index (χ0n) is 22.1. The Labute approximate surface area is 238 Å². The smallest absolute Gasteiger partial charge is 0.268 e. The van der Waals surface area contributed by atoms with Crippen LogP contribution in [0.5, 0.6) is 0 Å². The van der Waals surface area contributed by atoms with Crippen LogP contribution in [-0.4, -0.2) is 48.2 Å². The molecule has 10 heteroatoms. The van der Waals surface area contributed by atoms with Crippen molar-refractivity contribution >= 4 is 50.9 Å². The van der Waals surface area contributed by atoms with Crippen LogP contribution in [0, 0.1) is 6.92 Å². The van der Waals surface area contributed by atoms with Crippen molar-refractivity contribution in [2.75, 3.05) is 12.3 Å². The SMILES string of the molecule is Cc1cccc(-n2c(=O)c3c4c(sc3n3c(SCCCCN5C(=O)c6ccccc6C5=O)nnc23)CCCC4)c1. The monoisotopic (exact) mass is 569 g/mol. The Morgan fingerprint density at radius 1 is 0.925 bits per heavy atom. The van der Waals surface area contributed by atoms with Gasteiger partial charge in [-0.15, -0.1) is 21.5 Å². The molecule has 0 saturated heterocycles. The fraction of sp³-hybridized carbons (Fsp3) is 0.300. The maximum atomic E-state index is 14.0. The Morgan fingerprint density at radius 3 is 2.48 bits per heavy atom. The summed E-state index contributed by atoms with van der Waals surface area (Å²) >= 11 is 3.29. The van der Waals surface area contributed by atoms with E-state index in [4.69, 9.17) is 0 Å². The van der Waals surface area contributed by atoms with E-state index in [-0.39, 0.29) is 17.4 Å². The number of carbonyl (C=O) groups is 2. The number of nitrogens with zero attached hydrogens (tertiary/aromatic N) is 5. The van der Waals surface area contributed by atoms with Gasteiger partial charge in [0.1, 0.15) is 4.83 Å². The average Bonchev–Trinajstić information content (AvgIpc) is 3.62. The minimum atomic E-state index is -0.213. The topological polar surface area (TPSA) is 89.6 Å². The summed E-state index contributed by atoms with van der Waals surface area (Å²) in [6.45, 7) is 2.41. The van der Waals surface area contributed by atoms with E-state index >= 15 is 0 Å². The van der Waals surface area contributed by atoms with Crippen molar-refractivity contribution in [1.29, 1.82) is 0 Å². The van der Waals surface area contributed by atoms with Crippen LogP contribution >= 0.6 is 23.1 Å². The van der Waals surface area contributed by atoms with Crippen molar-refractivity contribution in [2.24, 2.45) is 0 Å². The largest absolute Gasteiger partial charge is 0.274 e. The lowest BCUT2D eigenvalue weighted by atomic mass is 9.97. The third kappa shape index (κ3) is 4.00. The fourth-order valence-corrected chi connectivity index (χ4v) is 8.16. The molecule has 0 fully saturated rings. The van der Waals surface area contributed by atoms with Gasteiger partial charge < -0.3 is 0 Å². The van der Waals surface area contributed by atoms with Crippen LogP contribution in [0.25, 0.3) is 21.7 Å². The molecule has 0 saturated carbocycles. The first-order valence-corrected chi connectivity index (χ1v) is 15.4. The van der Waals surface area contributed by atoms with Crippen LogP contribution < -0.4 is 5.56 Å². The zero-order valence-corrected chi connectivity index (χ0v) is 23.7. The van der Waals surface area contributed by atoms with E-state index in [1.54, 1.807) is 51.9 Å². The van der Waals surface area contributed by atoms with E-state index in [9.17, 15) is 14.4 Å². The molecule has 1 aliphatic carbocycles. The zero-order chi connectivity index (χ0) is 27.4. The van der Waals surface area contributed by atoms with Crippen LogP contribution in [0.15, 0.2) is 58.5 Å². The Kier molecular flexibility index (Phi) is 6.31. The Bertz CT molecular complexity index is 1850. The molecule has 0 bridgehead atoms. The number of carbonyl (C=O) groups excluding carboxylic acids is 2. The van der Waals surface area contributed by atoms with Crippen LogP contribution in [0.1, 0.15) is 62.4 Å². The molecule has 2 aliphatic rings. The number of fused-ring (bicyclic) bond motifs is 6.